The van der Waals surface area contributed by atoms with Crippen LogP contribution < -0.4 is 0 Å². The van der Waals surface area contributed by atoms with E-state index in [-0.39, 0.29) is 0 Å². The van der Waals surface area contributed by atoms with Gasteiger partial charge in [-0.2, -0.15) is 0 Å². The molecular weight excluding hydrogens is 186 g/mol. The minimum atomic E-state index is 0.793. The van der Waals surface area contributed by atoms with Gasteiger partial charge in [-0.3, -0.25) is 0 Å². The van der Waals surface area contributed by atoms with Gasteiger partial charge in [0, 0.05) is 25.2 Å². The molecule has 0 saturated heterocycles. The van der Waals surface area contributed by atoms with E-state index in [1.54, 1.807) is 24.2 Å². The van der Waals surface area contributed by atoms with Crippen molar-refractivity contribution in [1.82, 2.24) is 14.5 Å². The summed E-state index contributed by atoms with van der Waals surface area (Å²) < 4.78 is 6.84. The molecule has 2 aromatic heterocycles. The summed E-state index contributed by atoms with van der Waals surface area (Å²) in [5.74, 6) is 0.793. The van der Waals surface area contributed by atoms with Crippen molar-refractivity contribution in [2.75, 3.05) is 0 Å². The fourth-order valence-electron chi connectivity index (χ4n) is 0.938. The predicted molar refractivity (Wildman–Crippen MR) is 49.3 cm³/mol. The highest BCUT2D eigenvalue weighted by molar-refractivity contribution is 7.98. The number of hydrogen-bond acceptors (Lipinski definition) is 4. The Hall–Kier alpha value is -1.23. The number of aromatic nitrogens is 3. The molecule has 0 fully saturated rings. The molecule has 13 heavy (non-hydrogen) atoms. The Kier molecular flexibility index (Phi) is 2.35. The molecule has 2 aromatic rings. The van der Waals surface area contributed by atoms with E-state index >= 15 is 0 Å². The maximum absolute atomic E-state index is 4.86. The normalized spacial score (nSPS) is 10.5. The Morgan fingerprint density at radius 3 is 3.08 bits per heavy atom. The monoisotopic (exact) mass is 195 g/mol. The van der Waals surface area contributed by atoms with Crippen LogP contribution in [0.15, 0.2) is 34.6 Å². The zero-order chi connectivity index (χ0) is 9.10. The maximum atomic E-state index is 4.86. The topological polar surface area (TPSA) is 43.9 Å². The van der Waals surface area contributed by atoms with Crippen molar-refractivity contribution in [1.29, 1.82) is 0 Å². The highest BCUT2D eigenvalue weighted by atomic mass is 32.2. The standard InChI is InChI=1S/C8H9N3OS/c1-11-3-2-9-8(11)13-5-7-4-12-6-10-7/h2-4,6H,5H2,1H3. The van der Waals surface area contributed by atoms with Gasteiger partial charge < -0.3 is 8.98 Å². The predicted octanol–water partition coefficient (Wildman–Crippen LogP) is 1.70. The van der Waals surface area contributed by atoms with Crippen molar-refractivity contribution >= 4 is 11.8 Å². The SMILES string of the molecule is Cn1ccnc1SCc1cocn1. The lowest BCUT2D eigenvalue weighted by Gasteiger charge is -1.97. The molecule has 0 radical (unpaired) electrons. The van der Waals surface area contributed by atoms with Crippen molar-refractivity contribution in [3.63, 3.8) is 0 Å². The lowest BCUT2D eigenvalue weighted by Crippen LogP contribution is -1.89. The lowest BCUT2D eigenvalue weighted by atomic mass is 10.6. The maximum Gasteiger partial charge on any atom is 0.180 e. The first-order valence-corrected chi connectivity index (χ1v) is 4.82. The molecule has 2 heterocycles. The van der Waals surface area contributed by atoms with E-state index in [9.17, 15) is 0 Å². The molecule has 0 aliphatic rings. The van der Waals surface area contributed by atoms with E-state index in [4.69, 9.17) is 4.42 Å². The minimum absolute atomic E-state index is 0.793. The Morgan fingerprint density at radius 2 is 2.46 bits per heavy atom. The third kappa shape index (κ3) is 1.92. The van der Waals surface area contributed by atoms with Crippen LogP contribution in [0.25, 0.3) is 0 Å². The first-order chi connectivity index (χ1) is 6.36. The van der Waals surface area contributed by atoms with Gasteiger partial charge in [0.15, 0.2) is 11.6 Å². The van der Waals surface area contributed by atoms with Crippen LogP contribution in [0.2, 0.25) is 0 Å². The third-order valence-corrected chi connectivity index (χ3v) is 2.70. The molecular formula is C8H9N3OS. The van der Waals surface area contributed by atoms with Crippen LogP contribution in [-0.4, -0.2) is 14.5 Å². The van der Waals surface area contributed by atoms with Crippen molar-refractivity contribution in [2.24, 2.45) is 7.05 Å². The van der Waals surface area contributed by atoms with Crippen molar-refractivity contribution in [3.05, 3.63) is 30.7 Å². The first-order valence-electron chi connectivity index (χ1n) is 3.83. The number of nitrogens with zero attached hydrogens (tertiary/aromatic N) is 3. The molecule has 0 saturated carbocycles. The smallest absolute Gasteiger partial charge is 0.180 e. The molecule has 0 atom stereocenters. The van der Waals surface area contributed by atoms with Crippen LogP contribution in [0.4, 0.5) is 0 Å². The van der Waals surface area contributed by atoms with Crippen molar-refractivity contribution in [3.8, 4) is 0 Å². The van der Waals surface area contributed by atoms with Gasteiger partial charge in [0.1, 0.15) is 6.26 Å². The highest BCUT2D eigenvalue weighted by Gasteiger charge is 2.01. The second-order valence-electron chi connectivity index (χ2n) is 2.59. The molecule has 0 bridgehead atoms. The quantitative estimate of drug-likeness (QED) is 0.699. The van der Waals surface area contributed by atoms with Crippen molar-refractivity contribution < 1.29 is 4.42 Å². The molecule has 4 nitrogen and oxygen atoms in total. The molecule has 5 heteroatoms. The number of imidazole rings is 1. The van der Waals surface area contributed by atoms with E-state index in [1.807, 2.05) is 17.8 Å². The molecule has 0 aliphatic heterocycles. The van der Waals surface area contributed by atoms with Gasteiger partial charge in [0.05, 0.1) is 5.69 Å². The fraction of sp³-hybridized carbons (Fsp3) is 0.250. The molecule has 0 unspecified atom stereocenters. The summed E-state index contributed by atoms with van der Waals surface area (Å²) in [6.07, 6.45) is 6.79. The van der Waals surface area contributed by atoms with E-state index in [0.717, 1.165) is 16.6 Å². The Morgan fingerprint density at radius 1 is 1.54 bits per heavy atom. The van der Waals surface area contributed by atoms with Gasteiger partial charge in [-0.1, -0.05) is 11.8 Å². The third-order valence-electron chi connectivity index (χ3n) is 1.61. The molecule has 0 N–H and O–H groups in total. The van der Waals surface area contributed by atoms with E-state index in [0.29, 0.717) is 0 Å². The lowest BCUT2D eigenvalue weighted by molar-refractivity contribution is 0.557. The van der Waals surface area contributed by atoms with Crippen LogP contribution >= 0.6 is 11.8 Å². The van der Waals surface area contributed by atoms with Gasteiger partial charge in [-0.15, -0.1) is 0 Å². The van der Waals surface area contributed by atoms with E-state index in [2.05, 4.69) is 9.97 Å². The summed E-state index contributed by atoms with van der Waals surface area (Å²) in [5, 5.41) is 0.989. The largest absolute Gasteiger partial charge is 0.451 e. The number of hydrogen-bond donors (Lipinski definition) is 0. The summed E-state index contributed by atoms with van der Waals surface area (Å²) >= 11 is 1.64. The average Bonchev–Trinajstić information content (AvgIpc) is 2.72. The van der Waals surface area contributed by atoms with Crippen LogP contribution in [0.3, 0.4) is 0 Å². The van der Waals surface area contributed by atoms with E-state index < -0.39 is 0 Å². The Labute approximate surface area is 80.0 Å². The fourth-order valence-corrected chi connectivity index (χ4v) is 1.76. The second kappa shape index (κ2) is 3.66. The summed E-state index contributed by atoms with van der Waals surface area (Å²) in [7, 11) is 1.97. The minimum Gasteiger partial charge on any atom is -0.451 e. The first kappa shape index (κ1) is 8.37. The summed E-state index contributed by atoms with van der Waals surface area (Å²) in [5.41, 5.74) is 0.938. The molecule has 0 amide bonds. The summed E-state index contributed by atoms with van der Waals surface area (Å²) in [6, 6.07) is 0. The molecule has 0 aliphatic carbocycles. The molecule has 2 rings (SSSR count). The van der Waals surface area contributed by atoms with Crippen LogP contribution in [0.1, 0.15) is 5.69 Å². The van der Waals surface area contributed by atoms with Crippen molar-refractivity contribution in [2.45, 2.75) is 10.9 Å². The Bertz CT molecular complexity index is 368. The van der Waals surface area contributed by atoms with Crippen LogP contribution in [-0.2, 0) is 12.8 Å². The Balaban J connectivity index is 1.97. The van der Waals surface area contributed by atoms with Gasteiger partial charge in [0.2, 0.25) is 0 Å². The van der Waals surface area contributed by atoms with Gasteiger partial charge in [-0.05, 0) is 0 Å². The highest BCUT2D eigenvalue weighted by Crippen LogP contribution is 2.18. The van der Waals surface area contributed by atoms with Gasteiger partial charge in [0.25, 0.3) is 0 Å². The molecule has 0 aromatic carbocycles. The number of oxazole rings is 1. The summed E-state index contributed by atoms with van der Waals surface area (Å²) in [4.78, 5) is 8.20. The van der Waals surface area contributed by atoms with Gasteiger partial charge >= 0.3 is 0 Å². The van der Waals surface area contributed by atoms with Crippen LogP contribution in [0.5, 0.6) is 0 Å². The number of rotatable bonds is 3. The summed E-state index contributed by atoms with van der Waals surface area (Å²) in [6.45, 7) is 0. The van der Waals surface area contributed by atoms with E-state index in [1.165, 1.54) is 6.39 Å². The molecule has 0 spiro atoms. The molecule has 68 valence electrons. The number of thioether (sulfide) groups is 1. The second-order valence-corrected chi connectivity index (χ2v) is 3.53. The average molecular weight is 195 g/mol. The van der Waals surface area contributed by atoms with Crippen LogP contribution in [0, 0.1) is 0 Å². The number of aryl methyl sites for hydroxylation is 1. The zero-order valence-corrected chi connectivity index (χ0v) is 7.99. The van der Waals surface area contributed by atoms with Gasteiger partial charge in [-0.25, -0.2) is 9.97 Å². The zero-order valence-electron chi connectivity index (χ0n) is 7.17.